The van der Waals surface area contributed by atoms with E-state index >= 15 is 0 Å². The lowest BCUT2D eigenvalue weighted by molar-refractivity contribution is -0.173. The van der Waals surface area contributed by atoms with Crippen molar-refractivity contribution in [2.75, 3.05) is 12.3 Å². The summed E-state index contributed by atoms with van der Waals surface area (Å²) >= 11 is 0. The summed E-state index contributed by atoms with van der Waals surface area (Å²) in [7, 11) is 0. The molecule has 0 fully saturated rings. The van der Waals surface area contributed by atoms with E-state index in [2.05, 4.69) is 9.72 Å². The van der Waals surface area contributed by atoms with Gasteiger partial charge in [-0.1, -0.05) is 12.1 Å². The van der Waals surface area contributed by atoms with Crippen LogP contribution in [0.25, 0.3) is 5.69 Å². The lowest BCUT2D eigenvalue weighted by Crippen LogP contribution is -2.30. The Bertz CT molecular complexity index is 626. The molecule has 0 amide bonds. The zero-order valence-electron chi connectivity index (χ0n) is 10.7. The number of para-hydroxylation sites is 2. The second kappa shape index (κ2) is 5.28. The number of esters is 1. The maximum absolute atomic E-state index is 14.1. The fourth-order valence-corrected chi connectivity index (χ4v) is 1.75. The molecule has 1 aromatic heterocycles. The van der Waals surface area contributed by atoms with Crippen molar-refractivity contribution < 1.29 is 18.3 Å². The molecular weight excluding hydrogens is 268 g/mol. The average molecular weight is 281 g/mol. The molecule has 0 aliphatic rings. The Morgan fingerprint density at radius 1 is 1.45 bits per heavy atom. The molecule has 0 aliphatic heterocycles. The number of hydrogen-bond donors (Lipinski definition) is 1. The quantitative estimate of drug-likeness (QED) is 0.688. The maximum atomic E-state index is 14.1. The van der Waals surface area contributed by atoms with Crippen molar-refractivity contribution in [3.05, 3.63) is 42.5 Å². The molecule has 0 aliphatic carbocycles. The highest BCUT2D eigenvalue weighted by Gasteiger charge is 2.45. The fraction of sp³-hybridized carbons (Fsp3) is 0.231. The van der Waals surface area contributed by atoms with E-state index in [-0.39, 0.29) is 6.61 Å². The average Bonchev–Trinajstić information content (AvgIpc) is 2.89. The Morgan fingerprint density at radius 2 is 2.15 bits per heavy atom. The van der Waals surface area contributed by atoms with E-state index in [0.717, 1.165) is 10.8 Å². The topological polar surface area (TPSA) is 70.1 Å². The maximum Gasteiger partial charge on any atom is 0.384 e. The normalized spacial score (nSPS) is 11.3. The number of ether oxygens (including phenoxy) is 1. The summed E-state index contributed by atoms with van der Waals surface area (Å²) in [6.45, 7) is 1.33. The van der Waals surface area contributed by atoms with Crippen LogP contribution in [0.15, 0.2) is 36.8 Å². The number of nitrogens with zero attached hydrogens (tertiary/aromatic N) is 2. The zero-order chi connectivity index (χ0) is 14.8. The smallest absolute Gasteiger partial charge is 0.384 e. The highest BCUT2D eigenvalue weighted by atomic mass is 19.3. The van der Waals surface area contributed by atoms with Crippen molar-refractivity contribution >= 4 is 11.7 Å². The predicted molar refractivity (Wildman–Crippen MR) is 68.5 cm³/mol. The number of nitrogen functional groups attached to an aromatic ring is 1. The van der Waals surface area contributed by atoms with Crippen molar-refractivity contribution in [2.45, 2.75) is 12.8 Å². The summed E-state index contributed by atoms with van der Waals surface area (Å²) in [5, 5.41) is 0. The van der Waals surface area contributed by atoms with Crippen LogP contribution in [0.1, 0.15) is 12.6 Å². The van der Waals surface area contributed by atoms with E-state index in [0.29, 0.717) is 11.4 Å². The number of benzene rings is 1. The van der Waals surface area contributed by atoms with Crippen molar-refractivity contribution in [2.24, 2.45) is 0 Å². The first-order valence-electron chi connectivity index (χ1n) is 5.91. The number of anilines is 1. The summed E-state index contributed by atoms with van der Waals surface area (Å²) in [5.41, 5.74) is 5.78. The van der Waals surface area contributed by atoms with Gasteiger partial charge in [0.05, 0.1) is 30.5 Å². The number of aromatic nitrogens is 2. The minimum absolute atomic E-state index is 0.129. The van der Waals surface area contributed by atoms with E-state index < -0.39 is 17.6 Å². The van der Waals surface area contributed by atoms with Crippen LogP contribution in [0.4, 0.5) is 14.5 Å². The Hall–Kier alpha value is -2.44. The van der Waals surface area contributed by atoms with Gasteiger partial charge in [0.2, 0.25) is 0 Å². The molecule has 106 valence electrons. The molecule has 2 N–H and O–H groups in total. The van der Waals surface area contributed by atoms with Crippen LogP contribution in [0.5, 0.6) is 0 Å². The first-order valence-corrected chi connectivity index (χ1v) is 5.91. The second-order valence-corrected chi connectivity index (χ2v) is 4.00. The first-order chi connectivity index (χ1) is 9.48. The predicted octanol–water partition coefficient (Wildman–Crippen LogP) is 2.11. The Morgan fingerprint density at radius 3 is 2.80 bits per heavy atom. The minimum atomic E-state index is -3.80. The minimum Gasteiger partial charge on any atom is -0.461 e. The van der Waals surface area contributed by atoms with Gasteiger partial charge in [0.1, 0.15) is 5.69 Å². The highest BCUT2D eigenvalue weighted by Crippen LogP contribution is 2.32. The van der Waals surface area contributed by atoms with Crippen molar-refractivity contribution in [1.29, 1.82) is 0 Å². The third-order valence-electron chi connectivity index (χ3n) is 2.69. The van der Waals surface area contributed by atoms with Gasteiger partial charge in [0.15, 0.2) is 0 Å². The zero-order valence-corrected chi connectivity index (χ0v) is 10.7. The molecule has 0 saturated heterocycles. The molecule has 0 radical (unpaired) electrons. The van der Waals surface area contributed by atoms with Gasteiger partial charge in [-0.3, -0.25) is 4.57 Å². The number of nitrogens with two attached hydrogens (primary N) is 1. The molecule has 0 bridgehead atoms. The number of alkyl halides is 2. The number of carbonyl (C=O) groups is 1. The molecule has 5 nitrogen and oxygen atoms in total. The van der Waals surface area contributed by atoms with E-state index in [1.165, 1.54) is 13.3 Å². The SMILES string of the molecule is CCOC(=O)C(F)(F)c1cncn1-c1ccccc1N. The summed E-state index contributed by atoms with van der Waals surface area (Å²) in [6, 6.07) is 6.46. The number of hydrogen-bond acceptors (Lipinski definition) is 4. The van der Waals surface area contributed by atoms with Gasteiger partial charge in [-0.2, -0.15) is 8.78 Å². The molecule has 1 heterocycles. The Labute approximate surface area is 114 Å². The van der Waals surface area contributed by atoms with Crippen LogP contribution in [-0.2, 0) is 15.5 Å². The van der Waals surface area contributed by atoms with Gasteiger partial charge in [-0.05, 0) is 19.1 Å². The largest absolute Gasteiger partial charge is 0.461 e. The lowest BCUT2D eigenvalue weighted by atomic mass is 10.2. The van der Waals surface area contributed by atoms with Gasteiger partial charge >= 0.3 is 11.9 Å². The van der Waals surface area contributed by atoms with Gasteiger partial charge in [-0.15, -0.1) is 0 Å². The van der Waals surface area contributed by atoms with Crippen LogP contribution in [0.3, 0.4) is 0 Å². The summed E-state index contributed by atoms with van der Waals surface area (Å²) in [4.78, 5) is 15.1. The number of rotatable bonds is 4. The molecule has 20 heavy (non-hydrogen) atoms. The Kier molecular flexibility index (Phi) is 3.69. The molecular formula is C13H13F2N3O2. The van der Waals surface area contributed by atoms with Crippen LogP contribution in [-0.4, -0.2) is 22.1 Å². The molecule has 2 rings (SSSR count). The monoisotopic (exact) mass is 281 g/mol. The second-order valence-electron chi connectivity index (χ2n) is 4.00. The summed E-state index contributed by atoms with van der Waals surface area (Å²) < 4.78 is 33.6. The van der Waals surface area contributed by atoms with Gasteiger partial charge in [0, 0.05) is 0 Å². The molecule has 0 atom stereocenters. The summed E-state index contributed by atoms with van der Waals surface area (Å²) in [5.74, 6) is -5.41. The standard InChI is InChI=1S/C13H13F2N3O2/c1-2-20-12(19)13(14,15)11-7-17-8-18(11)10-6-4-3-5-9(10)16/h3-8H,2,16H2,1H3. The number of imidazole rings is 1. The first kappa shape index (κ1) is 14.0. The fourth-order valence-electron chi connectivity index (χ4n) is 1.75. The van der Waals surface area contributed by atoms with E-state index in [9.17, 15) is 13.6 Å². The van der Waals surface area contributed by atoms with Crippen LogP contribution < -0.4 is 5.73 Å². The third-order valence-corrected chi connectivity index (χ3v) is 2.69. The molecule has 1 aromatic carbocycles. The molecule has 0 saturated carbocycles. The van der Waals surface area contributed by atoms with Gasteiger partial charge < -0.3 is 10.5 Å². The van der Waals surface area contributed by atoms with Crippen LogP contribution >= 0.6 is 0 Å². The summed E-state index contributed by atoms with van der Waals surface area (Å²) in [6.07, 6.45) is 2.09. The van der Waals surface area contributed by atoms with Gasteiger partial charge in [-0.25, -0.2) is 9.78 Å². The van der Waals surface area contributed by atoms with Crippen LogP contribution in [0, 0.1) is 0 Å². The molecule has 7 heteroatoms. The van der Waals surface area contributed by atoms with Crippen molar-refractivity contribution in [3.8, 4) is 5.69 Å². The molecule has 0 spiro atoms. The lowest BCUT2D eigenvalue weighted by Gasteiger charge is -2.17. The van der Waals surface area contributed by atoms with E-state index in [4.69, 9.17) is 5.73 Å². The molecule has 2 aromatic rings. The third kappa shape index (κ3) is 2.34. The van der Waals surface area contributed by atoms with Gasteiger partial charge in [0.25, 0.3) is 0 Å². The van der Waals surface area contributed by atoms with Crippen LogP contribution in [0.2, 0.25) is 0 Å². The van der Waals surface area contributed by atoms with Crippen molar-refractivity contribution in [1.82, 2.24) is 9.55 Å². The number of halogens is 2. The van der Waals surface area contributed by atoms with Crippen molar-refractivity contribution in [3.63, 3.8) is 0 Å². The molecule has 0 unspecified atom stereocenters. The Balaban J connectivity index is 2.49. The van der Waals surface area contributed by atoms with E-state index in [1.54, 1.807) is 24.3 Å². The number of carbonyl (C=O) groups excluding carboxylic acids is 1. The highest BCUT2D eigenvalue weighted by molar-refractivity contribution is 5.79. The van der Waals surface area contributed by atoms with E-state index in [1.807, 2.05) is 0 Å².